The van der Waals surface area contributed by atoms with Gasteiger partial charge in [-0.2, -0.15) is 0 Å². The highest BCUT2D eigenvalue weighted by atomic mass is 32.5. The molecule has 1 saturated heterocycles. The predicted molar refractivity (Wildman–Crippen MR) is 144 cm³/mol. The maximum absolute atomic E-state index is 15.6. The lowest BCUT2D eigenvalue weighted by molar-refractivity contribution is -0.152. The lowest BCUT2D eigenvalue weighted by Crippen LogP contribution is -2.43. The van der Waals surface area contributed by atoms with E-state index < -0.39 is 60.6 Å². The van der Waals surface area contributed by atoms with Gasteiger partial charge in [-0.1, -0.05) is 24.6 Å². The first-order valence-electron chi connectivity index (χ1n) is 12.8. The summed E-state index contributed by atoms with van der Waals surface area (Å²) in [5, 5.41) is 13.6. The van der Waals surface area contributed by atoms with E-state index in [1.165, 1.54) is 0 Å². The molecule has 11 nitrogen and oxygen atoms in total. The summed E-state index contributed by atoms with van der Waals surface area (Å²) < 4.78 is 39.6. The van der Waals surface area contributed by atoms with E-state index in [0.717, 1.165) is 55.9 Å². The number of hydrogen-bond acceptors (Lipinski definition) is 9. The van der Waals surface area contributed by atoms with Gasteiger partial charge in [0.1, 0.15) is 30.1 Å². The molecule has 2 fully saturated rings. The van der Waals surface area contributed by atoms with Gasteiger partial charge in [0.05, 0.1) is 6.61 Å². The van der Waals surface area contributed by atoms with Crippen molar-refractivity contribution in [1.29, 1.82) is 0 Å². The predicted octanol–water partition coefficient (Wildman–Crippen LogP) is 2.70. The fourth-order valence-corrected chi connectivity index (χ4v) is 7.00. The van der Waals surface area contributed by atoms with Crippen molar-refractivity contribution < 1.29 is 32.8 Å². The second kappa shape index (κ2) is 12.4. The van der Waals surface area contributed by atoms with Crippen molar-refractivity contribution in [1.82, 2.24) is 14.6 Å². The number of nitrogens with one attached hydrogen (secondary N) is 2. The van der Waals surface area contributed by atoms with Crippen LogP contribution in [-0.4, -0.2) is 57.3 Å². The molecular weight excluding hydrogens is 552 g/mol. The second-order valence-corrected chi connectivity index (χ2v) is 13.0. The van der Waals surface area contributed by atoms with E-state index in [9.17, 15) is 19.5 Å². The minimum Gasteiger partial charge on any atom is -0.461 e. The fourth-order valence-electron chi connectivity index (χ4n) is 4.58. The van der Waals surface area contributed by atoms with Crippen LogP contribution < -0.4 is 20.9 Å². The van der Waals surface area contributed by atoms with Crippen LogP contribution in [0.4, 0.5) is 4.39 Å². The molecule has 1 saturated carbocycles. The van der Waals surface area contributed by atoms with Crippen LogP contribution in [0, 0.1) is 0 Å². The Labute approximate surface area is 229 Å². The van der Waals surface area contributed by atoms with Crippen LogP contribution in [0.25, 0.3) is 0 Å². The number of aromatic amines is 1. The number of esters is 1. The molecule has 39 heavy (non-hydrogen) atoms. The molecule has 14 heteroatoms. The van der Waals surface area contributed by atoms with Crippen LogP contribution in [0.5, 0.6) is 5.75 Å². The summed E-state index contributed by atoms with van der Waals surface area (Å²) in [6, 6.07) is 8.75. The molecule has 2 heterocycles. The number of hydrogen-bond donors (Lipinski definition) is 3. The first-order chi connectivity index (χ1) is 18.5. The van der Waals surface area contributed by atoms with Crippen LogP contribution >= 0.6 is 6.64 Å². The van der Waals surface area contributed by atoms with Gasteiger partial charge in [0, 0.05) is 12.3 Å². The highest BCUT2D eigenvalue weighted by molar-refractivity contribution is 8.09. The lowest BCUT2D eigenvalue weighted by atomic mass is 9.98. The third-order valence-electron chi connectivity index (χ3n) is 6.74. The SMILES string of the molecule is CC(NP(=S)(OC[C@H]1O[C@@H](n2ccc(=O)[nH]c2=O)C(C)(F)[C@H]1O)Oc1ccccc1)C(=O)OC1CCCCC1. The lowest BCUT2D eigenvalue weighted by Gasteiger charge is -2.29. The maximum atomic E-state index is 15.6. The number of para-hydroxylation sites is 1. The molecule has 3 unspecified atom stereocenters. The Morgan fingerprint density at radius 2 is 1.97 bits per heavy atom. The molecule has 0 radical (unpaired) electrons. The molecule has 1 aliphatic carbocycles. The fraction of sp³-hybridized carbons (Fsp3) is 0.560. The number of nitrogens with zero attached hydrogens (tertiary/aromatic N) is 1. The minimum absolute atomic E-state index is 0.151. The molecule has 4 rings (SSSR count). The number of aromatic nitrogens is 2. The van der Waals surface area contributed by atoms with Crippen molar-refractivity contribution in [2.45, 2.75) is 82.2 Å². The summed E-state index contributed by atoms with van der Waals surface area (Å²) >= 11 is 5.69. The minimum atomic E-state index is -3.48. The zero-order valence-electron chi connectivity index (χ0n) is 21.7. The number of aliphatic hydroxyl groups excluding tert-OH is 1. The Morgan fingerprint density at radius 3 is 2.64 bits per heavy atom. The number of ether oxygens (including phenoxy) is 2. The zero-order valence-corrected chi connectivity index (χ0v) is 23.4. The van der Waals surface area contributed by atoms with Gasteiger partial charge in [0.15, 0.2) is 11.9 Å². The molecule has 1 aromatic heterocycles. The Hall–Kier alpha value is -2.41. The van der Waals surface area contributed by atoms with Crippen molar-refractivity contribution in [3.63, 3.8) is 0 Å². The highest BCUT2D eigenvalue weighted by Crippen LogP contribution is 2.47. The van der Waals surface area contributed by atoms with Gasteiger partial charge < -0.3 is 23.6 Å². The van der Waals surface area contributed by atoms with Gasteiger partial charge in [0.25, 0.3) is 5.56 Å². The maximum Gasteiger partial charge on any atom is 0.330 e. The Balaban J connectivity index is 1.48. The van der Waals surface area contributed by atoms with Gasteiger partial charge in [-0.3, -0.25) is 19.1 Å². The Kier molecular flexibility index (Phi) is 9.41. The van der Waals surface area contributed by atoms with Crippen LogP contribution in [0.1, 0.15) is 52.2 Å². The standard InChI is InChI=1S/C25H33FN3O8PS/c1-16(22(32)35-17-9-5-3-6-10-17)28-38(39,37-18-11-7-4-8-12-18)34-15-19-21(31)25(2,26)23(36-19)29-14-13-20(30)27-24(29)33/h4,7-8,11-14,16-17,19,21,23,31H,3,5-6,9-10,15H2,1-2H3,(H,28,39)(H,27,30,33)/t16?,19-,21+,23-,25?,38?/m1/s1. The van der Waals surface area contributed by atoms with E-state index in [2.05, 4.69) is 5.09 Å². The monoisotopic (exact) mass is 585 g/mol. The van der Waals surface area contributed by atoms with Crippen molar-refractivity contribution in [3.8, 4) is 5.75 Å². The molecule has 1 aliphatic heterocycles. The van der Waals surface area contributed by atoms with Crippen LogP contribution in [-0.2, 0) is 30.6 Å². The normalized spacial score (nSPS) is 27.9. The average molecular weight is 586 g/mol. The molecule has 3 N–H and O–H groups in total. The number of carbonyl (C=O) groups excluding carboxylic acids is 1. The second-order valence-electron chi connectivity index (χ2n) is 9.89. The van der Waals surface area contributed by atoms with Crippen molar-refractivity contribution in [2.24, 2.45) is 0 Å². The number of alkyl halides is 1. The van der Waals surface area contributed by atoms with E-state index in [1.807, 2.05) is 4.98 Å². The van der Waals surface area contributed by atoms with Gasteiger partial charge in [0.2, 0.25) is 0 Å². The molecule has 1 aromatic carbocycles. The highest BCUT2D eigenvalue weighted by Gasteiger charge is 2.55. The molecule has 2 aliphatic rings. The van der Waals surface area contributed by atoms with Crippen molar-refractivity contribution in [3.05, 3.63) is 63.4 Å². The topological polar surface area (TPSA) is 141 Å². The third kappa shape index (κ3) is 7.22. The van der Waals surface area contributed by atoms with Gasteiger partial charge in [-0.15, -0.1) is 0 Å². The summed E-state index contributed by atoms with van der Waals surface area (Å²) in [7, 11) is 0. The number of halogens is 1. The van der Waals surface area contributed by atoms with Gasteiger partial charge >= 0.3 is 18.3 Å². The third-order valence-corrected chi connectivity index (χ3v) is 9.24. The Bertz CT molecular complexity index is 1300. The number of H-pyrrole nitrogens is 1. The van der Waals surface area contributed by atoms with Gasteiger partial charge in [-0.25, -0.2) is 14.3 Å². The number of benzene rings is 1. The van der Waals surface area contributed by atoms with Crippen molar-refractivity contribution >= 4 is 24.4 Å². The molecule has 2 aromatic rings. The van der Waals surface area contributed by atoms with E-state index in [-0.39, 0.29) is 6.10 Å². The smallest absolute Gasteiger partial charge is 0.330 e. The van der Waals surface area contributed by atoms with Crippen molar-refractivity contribution in [2.75, 3.05) is 6.61 Å². The summed E-state index contributed by atoms with van der Waals surface area (Å²) in [4.78, 5) is 38.5. The number of carbonyl (C=O) groups is 1. The number of rotatable bonds is 10. The van der Waals surface area contributed by atoms with Gasteiger partial charge in [-0.05, 0) is 63.5 Å². The van der Waals surface area contributed by atoms with E-state index in [1.54, 1.807) is 37.3 Å². The average Bonchev–Trinajstić information content (AvgIpc) is 3.12. The Morgan fingerprint density at radius 1 is 1.28 bits per heavy atom. The largest absolute Gasteiger partial charge is 0.461 e. The summed E-state index contributed by atoms with van der Waals surface area (Å²) in [6.07, 6.45) is 1.16. The van der Waals surface area contributed by atoms with E-state index >= 15 is 4.39 Å². The van der Waals surface area contributed by atoms with Crippen LogP contribution in [0.15, 0.2) is 52.2 Å². The molecule has 0 spiro atoms. The quantitative estimate of drug-likeness (QED) is 0.282. The molecule has 0 bridgehead atoms. The summed E-state index contributed by atoms with van der Waals surface area (Å²) in [5.74, 6) is -0.121. The van der Waals surface area contributed by atoms with Crippen LogP contribution in [0.2, 0.25) is 0 Å². The molecular formula is C25H33FN3O8PS. The molecule has 6 atom stereocenters. The van der Waals surface area contributed by atoms with E-state index in [4.69, 9.17) is 30.3 Å². The first kappa shape index (κ1) is 29.6. The zero-order chi connectivity index (χ0) is 28.2. The van der Waals surface area contributed by atoms with E-state index in [0.29, 0.717) is 5.75 Å². The molecule has 214 valence electrons. The summed E-state index contributed by atoms with van der Waals surface area (Å²) in [5.41, 5.74) is -3.96. The first-order valence-corrected chi connectivity index (χ1v) is 15.4. The number of aliphatic hydroxyl groups is 1. The summed E-state index contributed by atoms with van der Waals surface area (Å²) in [6.45, 7) is -1.23. The van der Waals surface area contributed by atoms with Crippen LogP contribution in [0.3, 0.4) is 0 Å². The molecule has 0 amide bonds.